The van der Waals surface area contributed by atoms with Crippen LogP contribution in [0.2, 0.25) is 0 Å². The second-order valence-electron chi connectivity index (χ2n) is 4.88. The van der Waals surface area contributed by atoms with Crippen molar-refractivity contribution < 1.29 is 4.74 Å². The molecule has 0 fully saturated rings. The van der Waals surface area contributed by atoms with Crippen molar-refractivity contribution in [3.8, 4) is 11.2 Å². The third-order valence-corrected chi connectivity index (χ3v) is 4.06. The van der Waals surface area contributed by atoms with Crippen molar-refractivity contribution in [2.24, 2.45) is 0 Å². The molecule has 104 valence electrons. The van der Waals surface area contributed by atoms with E-state index in [9.17, 15) is 0 Å². The zero-order chi connectivity index (χ0) is 14.3. The van der Waals surface area contributed by atoms with Crippen LogP contribution in [0.15, 0.2) is 12.1 Å². The number of nitriles is 1. The number of thiocyanates is 1. The lowest BCUT2D eigenvalue weighted by Crippen LogP contribution is -2.03. The number of hydrogen-bond acceptors (Lipinski definition) is 3. The summed E-state index contributed by atoms with van der Waals surface area (Å²) in [6, 6.07) is 4.26. The van der Waals surface area contributed by atoms with Crippen LogP contribution in [-0.2, 0) is 0 Å². The van der Waals surface area contributed by atoms with Gasteiger partial charge in [0.15, 0.2) is 0 Å². The minimum absolute atomic E-state index is 0.486. The maximum atomic E-state index is 8.56. The normalized spacial score (nSPS) is 11.9. The van der Waals surface area contributed by atoms with Gasteiger partial charge < -0.3 is 4.74 Å². The van der Waals surface area contributed by atoms with Crippen molar-refractivity contribution in [3.63, 3.8) is 0 Å². The van der Waals surface area contributed by atoms with Crippen molar-refractivity contribution in [3.05, 3.63) is 28.8 Å². The quantitative estimate of drug-likeness (QED) is 0.530. The van der Waals surface area contributed by atoms with E-state index in [0.717, 1.165) is 31.0 Å². The van der Waals surface area contributed by atoms with Crippen molar-refractivity contribution in [2.45, 2.75) is 46.5 Å². The molecule has 0 aliphatic carbocycles. The minimum atomic E-state index is 0.486. The Morgan fingerprint density at radius 3 is 2.68 bits per heavy atom. The summed E-state index contributed by atoms with van der Waals surface area (Å²) in [6.07, 6.45) is 2.07. The molecule has 0 saturated carbocycles. The van der Waals surface area contributed by atoms with Gasteiger partial charge in [-0.05, 0) is 67.1 Å². The van der Waals surface area contributed by atoms with E-state index >= 15 is 0 Å². The molecule has 1 aromatic carbocycles. The molecule has 3 heteroatoms. The molecule has 1 atom stereocenters. The smallest absolute Gasteiger partial charge is 0.133 e. The van der Waals surface area contributed by atoms with Gasteiger partial charge in [-0.15, -0.1) is 0 Å². The fourth-order valence-electron chi connectivity index (χ4n) is 2.16. The first-order valence-electron chi connectivity index (χ1n) is 6.85. The lowest BCUT2D eigenvalue weighted by atomic mass is 9.91. The maximum Gasteiger partial charge on any atom is 0.133 e. The van der Waals surface area contributed by atoms with E-state index in [2.05, 4.69) is 45.2 Å². The molecule has 0 aliphatic heterocycles. The average Bonchev–Trinajstić information content (AvgIpc) is 2.40. The fraction of sp³-hybridized carbons (Fsp3) is 0.562. The summed E-state index contributed by atoms with van der Waals surface area (Å²) in [5.41, 5.74) is 3.94. The van der Waals surface area contributed by atoms with Gasteiger partial charge in [0.2, 0.25) is 0 Å². The van der Waals surface area contributed by atoms with Gasteiger partial charge in [0.05, 0.1) is 6.61 Å². The van der Waals surface area contributed by atoms with Crippen LogP contribution in [-0.4, -0.2) is 12.4 Å². The molecule has 1 rings (SSSR count). The van der Waals surface area contributed by atoms with Crippen molar-refractivity contribution >= 4 is 11.8 Å². The number of rotatable bonds is 7. The Hall–Kier alpha value is -1.14. The van der Waals surface area contributed by atoms with Crippen LogP contribution in [0.1, 0.15) is 49.3 Å². The Balaban J connectivity index is 2.80. The van der Waals surface area contributed by atoms with E-state index in [1.807, 2.05) is 0 Å². The van der Waals surface area contributed by atoms with Crippen LogP contribution in [0, 0.1) is 24.5 Å². The number of benzene rings is 1. The van der Waals surface area contributed by atoms with Gasteiger partial charge in [0.1, 0.15) is 11.2 Å². The SMILES string of the molecule is CCCOc1ccc(C(C)CCSC#N)c(C)c1C. The van der Waals surface area contributed by atoms with Gasteiger partial charge in [0.25, 0.3) is 0 Å². The molecular formula is C16H23NOS. The summed E-state index contributed by atoms with van der Waals surface area (Å²) in [5, 5.41) is 10.7. The van der Waals surface area contributed by atoms with E-state index in [1.54, 1.807) is 0 Å². The highest BCUT2D eigenvalue weighted by Crippen LogP contribution is 2.31. The van der Waals surface area contributed by atoms with Gasteiger partial charge in [-0.25, -0.2) is 0 Å². The molecule has 1 aromatic rings. The minimum Gasteiger partial charge on any atom is -0.493 e. The molecule has 0 saturated heterocycles. The molecule has 0 aromatic heterocycles. The Bertz CT molecular complexity index is 451. The first kappa shape index (κ1) is 15.9. The monoisotopic (exact) mass is 277 g/mol. The maximum absolute atomic E-state index is 8.56. The van der Waals surface area contributed by atoms with Gasteiger partial charge in [-0.2, -0.15) is 5.26 Å². The Morgan fingerprint density at radius 1 is 1.32 bits per heavy atom. The predicted octanol–water partition coefficient (Wildman–Crippen LogP) is 4.80. The second kappa shape index (κ2) is 8.12. The van der Waals surface area contributed by atoms with Gasteiger partial charge in [0, 0.05) is 5.75 Å². The van der Waals surface area contributed by atoms with E-state index in [0.29, 0.717) is 5.92 Å². The van der Waals surface area contributed by atoms with Crippen LogP contribution in [0.5, 0.6) is 5.75 Å². The number of nitrogens with zero attached hydrogens (tertiary/aromatic N) is 1. The molecule has 0 radical (unpaired) electrons. The summed E-state index contributed by atoms with van der Waals surface area (Å²) in [5.74, 6) is 2.38. The Morgan fingerprint density at radius 2 is 2.05 bits per heavy atom. The summed E-state index contributed by atoms with van der Waals surface area (Å²) in [4.78, 5) is 0. The molecule has 0 amide bonds. The van der Waals surface area contributed by atoms with Crippen molar-refractivity contribution in [1.29, 1.82) is 5.26 Å². The van der Waals surface area contributed by atoms with E-state index in [4.69, 9.17) is 10.00 Å². The molecule has 0 aliphatic rings. The highest BCUT2D eigenvalue weighted by Gasteiger charge is 2.12. The summed E-state index contributed by atoms with van der Waals surface area (Å²) in [7, 11) is 0. The molecule has 2 nitrogen and oxygen atoms in total. The molecule has 1 unspecified atom stereocenters. The van der Waals surface area contributed by atoms with Crippen LogP contribution < -0.4 is 4.74 Å². The molecule has 0 spiro atoms. The zero-order valence-corrected chi connectivity index (χ0v) is 13.1. The van der Waals surface area contributed by atoms with Gasteiger partial charge in [-0.3, -0.25) is 0 Å². The molecular weight excluding hydrogens is 254 g/mol. The van der Waals surface area contributed by atoms with Crippen molar-refractivity contribution in [1.82, 2.24) is 0 Å². The third kappa shape index (κ3) is 4.47. The van der Waals surface area contributed by atoms with Crippen LogP contribution in [0.3, 0.4) is 0 Å². The Kier molecular flexibility index (Phi) is 6.80. The van der Waals surface area contributed by atoms with E-state index in [1.165, 1.54) is 28.5 Å². The third-order valence-electron chi connectivity index (χ3n) is 3.49. The van der Waals surface area contributed by atoms with Crippen molar-refractivity contribution in [2.75, 3.05) is 12.4 Å². The Labute approximate surface area is 121 Å². The molecule has 19 heavy (non-hydrogen) atoms. The zero-order valence-electron chi connectivity index (χ0n) is 12.3. The van der Waals surface area contributed by atoms with Gasteiger partial charge in [-0.1, -0.05) is 19.9 Å². The summed E-state index contributed by atoms with van der Waals surface area (Å²) >= 11 is 1.34. The first-order valence-corrected chi connectivity index (χ1v) is 7.84. The lowest BCUT2D eigenvalue weighted by Gasteiger charge is -2.18. The van der Waals surface area contributed by atoms with E-state index < -0.39 is 0 Å². The topological polar surface area (TPSA) is 33.0 Å². The first-order chi connectivity index (χ1) is 9.11. The van der Waals surface area contributed by atoms with Crippen LogP contribution >= 0.6 is 11.8 Å². The number of hydrogen-bond donors (Lipinski definition) is 0. The highest BCUT2D eigenvalue weighted by molar-refractivity contribution is 8.03. The number of ether oxygens (including phenoxy) is 1. The molecule has 0 heterocycles. The van der Waals surface area contributed by atoms with Gasteiger partial charge >= 0.3 is 0 Å². The predicted molar refractivity (Wildman–Crippen MR) is 82.8 cm³/mol. The fourth-order valence-corrected chi connectivity index (χ4v) is 2.72. The lowest BCUT2D eigenvalue weighted by molar-refractivity contribution is 0.315. The molecule has 0 bridgehead atoms. The van der Waals surface area contributed by atoms with E-state index in [-0.39, 0.29) is 0 Å². The summed E-state index contributed by atoms with van der Waals surface area (Å²) in [6.45, 7) is 9.41. The largest absolute Gasteiger partial charge is 0.493 e. The number of thioether (sulfide) groups is 1. The summed E-state index contributed by atoms with van der Waals surface area (Å²) < 4.78 is 5.75. The molecule has 0 N–H and O–H groups in total. The second-order valence-corrected chi connectivity index (χ2v) is 5.76. The highest BCUT2D eigenvalue weighted by atomic mass is 32.2. The standard InChI is InChI=1S/C16H23NOS/c1-5-9-18-16-7-6-15(13(3)14(16)4)12(2)8-10-19-11-17/h6-7,12H,5,8-10H2,1-4H3. The van der Waals surface area contributed by atoms with Crippen LogP contribution in [0.4, 0.5) is 0 Å². The van der Waals surface area contributed by atoms with Crippen LogP contribution in [0.25, 0.3) is 0 Å². The average molecular weight is 277 g/mol.